The van der Waals surface area contributed by atoms with Crippen molar-refractivity contribution < 1.29 is 9.15 Å². The molecule has 0 saturated carbocycles. The molecule has 2 atom stereocenters. The first-order chi connectivity index (χ1) is 13.3. The number of nitrogens with one attached hydrogen (secondary N) is 2. The van der Waals surface area contributed by atoms with Gasteiger partial charge in [-0.1, -0.05) is 30.3 Å². The molecule has 3 aromatic rings. The maximum absolute atomic E-state index is 5.57. The van der Waals surface area contributed by atoms with Gasteiger partial charge in [0.1, 0.15) is 5.75 Å². The highest BCUT2D eigenvalue weighted by atomic mass is 16.5. The standard InChI is InChI=1S/C22H25N3O2/c1-26-20-10-9-17(21-14-23-15-27-21)12-18(20)13-25-19-8-5-11-24-22(19)16-6-3-2-4-7-16/h2-4,6-7,9-10,12,14-15,19,22,24-25H,5,8,11,13H2,1H3/t19-,22-/m0/s1. The van der Waals surface area contributed by atoms with Crippen LogP contribution in [0.1, 0.15) is 30.0 Å². The van der Waals surface area contributed by atoms with Crippen LogP contribution in [0, 0.1) is 0 Å². The van der Waals surface area contributed by atoms with Gasteiger partial charge in [0.25, 0.3) is 0 Å². The zero-order valence-corrected chi connectivity index (χ0v) is 15.5. The van der Waals surface area contributed by atoms with E-state index in [0.717, 1.165) is 42.1 Å². The molecule has 1 aliphatic heterocycles. The third-order valence-corrected chi connectivity index (χ3v) is 5.17. The van der Waals surface area contributed by atoms with Crippen LogP contribution < -0.4 is 15.4 Å². The molecular formula is C22H25N3O2. The van der Waals surface area contributed by atoms with Gasteiger partial charge in [-0.3, -0.25) is 0 Å². The quantitative estimate of drug-likeness (QED) is 0.695. The second-order valence-electron chi connectivity index (χ2n) is 6.86. The molecule has 140 valence electrons. The number of ether oxygens (including phenoxy) is 1. The third kappa shape index (κ3) is 4.04. The molecule has 0 radical (unpaired) electrons. The summed E-state index contributed by atoms with van der Waals surface area (Å²) in [5.74, 6) is 1.64. The third-order valence-electron chi connectivity index (χ3n) is 5.17. The molecule has 5 nitrogen and oxygen atoms in total. The van der Waals surface area contributed by atoms with Crippen LogP contribution in [-0.2, 0) is 6.54 Å². The number of hydrogen-bond donors (Lipinski definition) is 2. The van der Waals surface area contributed by atoms with E-state index < -0.39 is 0 Å². The number of aromatic nitrogens is 1. The average Bonchev–Trinajstić information content (AvgIpc) is 3.28. The predicted octanol–water partition coefficient (Wildman–Crippen LogP) is 3.93. The van der Waals surface area contributed by atoms with Crippen LogP contribution in [0.4, 0.5) is 0 Å². The molecule has 0 bridgehead atoms. The van der Waals surface area contributed by atoms with E-state index in [2.05, 4.69) is 52.0 Å². The van der Waals surface area contributed by atoms with Crippen molar-refractivity contribution in [3.8, 4) is 17.1 Å². The summed E-state index contributed by atoms with van der Waals surface area (Å²) in [4.78, 5) is 4.01. The van der Waals surface area contributed by atoms with Crippen molar-refractivity contribution >= 4 is 0 Å². The molecule has 2 heterocycles. The second kappa shape index (κ2) is 8.37. The Morgan fingerprint density at radius 1 is 1.22 bits per heavy atom. The summed E-state index contributed by atoms with van der Waals surface area (Å²) < 4.78 is 11.0. The average molecular weight is 363 g/mol. The van der Waals surface area contributed by atoms with Gasteiger partial charge in [-0.25, -0.2) is 4.98 Å². The van der Waals surface area contributed by atoms with Gasteiger partial charge in [0, 0.05) is 29.8 Å². The largest absolute Gasteiger partial charge is 0.496 e. The number of oxazole rings is 1. The first kappa shape index (κ1) is 17.8. The molecule has 4 rings (SSSR count). The molecule has 5 heteroatoms. The van der Waals surface area contributed by atoms with E-state index in [9.17, 15) is 0 Å². The zero-order chi connectivity index (χ0) is 18.5. The zero-order valence-electron chi connectivity index (χ0n) is 15.5. The van der Waals surface area contributed by atoms with Crippen molar-refractivity contribution in [2.75, 3.05) is 13.7 Å². The number of rotatable bonds is 6. The summed E-state index contributed by atoms with van der Waals surface area (Å²) in [6, 6.07) is 17.5. The smallest absolute Gasteiger partial charge is 0.181 e. The molecule has 27 heavy (non-hydrogen) atoms. The topological polar surface area (TPSA) is 59.3 Å². The molecule has 1 aliphatic rings. The molecule has 2 aromatic carbocycles. The normalized spacial score (nSPS) is 19.7. The molecule has 2 N–H and O–H groups in total. The highest BCUT2D eigenvalue weighted by Gasteiger charge is 2.25. The van der Waals surface area contributed by atoms with E-state index in [-0.39, 0.29) is 0 Å². The van der Waals surface area contributed by atoms with E-state index in [1.807, 2.05) is 12.1 Å². The first-order valence-electron chi connectivity index (χ1n) is 9.42. The van der Waals surface area contributed by atoms with E-state index in [0.29, 0.717) is 12.1 Å². The van der Waals surface area contributed by atoms with Gasteiger partial charge in [-0.15, -0.1) is 0 Å². The fourth-order valence-electron chi connectivity index (χ4n) is 3.79. The highest BCUT2D eigenvalue weighted by Crippen LogP contribution is 2.28. The number of hydrogen-bond acceptors (Lipinski definition) is 5. The van der Waals surface area contributed by atoms with Crippen LogP contribution in [-0.4, -0.2) is 24.7 Å². The van der Waals surface area contributed by atoms with Gasteiger partial charge in [0.05, 0.1) is 13.3 Å². The number of methoxy groups -OCH3 is 1. The maximum atomic E-state index is 5.57. The predicted molar refractivity (Wildman–Crippen MR) is 106 cm³/mol. The molecule has 0 spiro atoms. The molecular weight excluding hydrogens is 338 g/mol. The minimum absolute atomic E-state index is 0.323. The fourth-order valence-corrected chi connectivity index (χ4v) is 3.79. The lowest BCUT2D eigenvalue weighted by molar-refractivity contribution is 0.303. The van der Waals surface area contributed by atoms with Crippen molar-refractivity contribution in [1.29, 1.82) is 0 Å². The van der Waals surface area contributed by atoms with Crippen molar-refractivity contribution in [1.82, 2.24) is 15.6 Å². The molecule has 1 fully saturated rings. The fraction of sp³-hybridized carbons (Fsp3) is 0.318. The first-order valence-corrected chi connectivity index (χ1v) is 9.42. The summed E-state index contributed by atoms with van der Waals surface area (Å²) in [5, 5.41) is 7.41. The Balaban J connectivity index is 1.52. The van der Waals surface area contributed by atoms with Gasteiger partial charge in [0.15, 0.2) is 12.2 Å². The van der Waals surface area contributed by atoms with Crippen LogP contribution in [0.2, 0.25) is 0 Å². The molecule has 0 unspecified atom stereocenters. The molecule has 1 aromatic heterocycles. The van der Waals surface area contributed by atoms with Crippen molar-refractivity contribution in [2.45, 2.75) is 31.5 Å². The Morgan fingerprint density at radius 2 is 2.11 bits per heavy atom. The Bertz CT molecular complexity index is 849. The summed E-state index contributed by atoms with van der Waals surface area (Å²) in [6.07, 6.45) is 5.51. The summed E-state index contributed by atoms with van der Waals surface area (Å²) in [6.45, 7) is 1.79. The van der Waals surface area contributed by atoms with Gasteiger partial charge in [-0.2, -0.15) is 0 Å². The van der Waals surface area contributed by atoms with E-state index in [1.165, 1.54) is 18.4 Å². The Labute approximate surface area is 159 Å². The Morgan fingerprint density at radius 3 is 2.89 bits per heavy atom. The number of nitrogens with zero attached hydrogens (tertiary/aromatic N) is 1. The van der Waals surface area contributed by atoms with E-state index in [1.54, 1.807) is 13.3 Å². The van der Waals surface area contributed by atoms with Gasteiger partial charge >= 0.3 is 0 Å². The monoisotopic (exact) mass is 363 g/mol. The summed E-state index contributed by atoms with van der Waals surface area (Å²) in [7, 11) is 1.71. The van der Waals surface area contributed by atoms with Gasteiger partial charge < -0.3 is 19.8 Å². The number of piperidine rings is 1. The minimum atomic E-state index is 0.323. The molecule has 0 amide bonds. The second-order valence-corrected chi connectivity index (χ2v) is 6.86. The van der Waals surface area contributed by atoms with Crippen molar-refractivity contribution in [2.24, 2.45) is 0 Å². The highest BCUT2D eigenvalue weighted by molar-refractivity contribution is 5.59. The minimum Gasteiger partial charge on any atom is -0.496 e. The van der Waals surface area contributed by atoms with Crippen LogP contribution in [0.3, 0.4) is 0 Å². The summed E-state index contributed by atoms with van der Waals surface area (Å²) in [5.41, 5.74) is 3.45. The van der Waals surface area contributed by atoms with Crippen LogP contribution >= 0.6 is 0 Å². The van der Waals surface area contributed by atoms with Crippen molar-refractivity contribution in [3.05, 3.63) is 72.2 Å². The molecule has 0 aliphatic carbocycles. The van der Waals surface area contributed by atoms with Crippen LogP contribution in [0.25, 0.3) is 11.3 Å². The van der Waals surface area contributed by atoms with Crippen molar-refractivity contribution in [3.63, 3.8) is 0 Å². The SMILES string of the molecule is COc1ccc(-c2cnco2)cc1CN[C@H]1CCCN[C@H]1c1ccccc1. The lowest BCUT2D eigenvalue weighted by Crippen LogP contribution is -2.45. The Kier molecular flexibility index (Phi) is 5.51. The Hall–Kier alpha value is -2.63. The lowest BCUT2D eigenvalue weighted by atomic mass is 9.92. The number of benzene rings is 2. The lowest BCUT2D eigenvalue weighted by Gasteiger charge is -2.34. The van der Waals surface area contributed by atoms with E-state index in [4.69, 9.17) is 9.15 Å². The maximum Gasteiger partial charge on any atom is 0.181 e. The van der Waals surface area contributed by atoms with Crippen LogP contribution in [0.5, 0.6) is 5.75 Å². The van der Waals surface area contributed by atoms with Gasteiger partial charge in [-0.05, 0) is 43.1 Å². The van der Waals surface area contributed by atoms with Crippen LogP contribution in [0.15, 0.2) is 65.5 Å². The summed E-state index contributed by atoms with van der Waals surface area (Å²) >= 11 is 0. The van der Waals surface area contributed by atoms with Gasteiger partial charge in [0.2, 0.25) is 0 Å². The van der Waals surface area contributed by atoms with E-state index >= 15 is 0 Å². The molecule has 1 saturated heterocycles.